The van der Waals surface area contributed by atoms with Gasteiger partial charge in [-0.15, -0.1) is 0 Å². The van der Waals surface area contributed by atoms with E-state index in [2.05, 4.69) is 15.9 Å². The molecule has 0 heterocycles. The zero-order chi connectivity index (χ0) is 12.3. The minimum absolute atomic E-state index is 0.0128. The molecular formula is C12H15BrFNO. The lowest BCUT2D eigenvalue weighted by Gasteiger charge is -2.17. The van der Waals surface area contributed by atoms with Crippen LogP contribution in [-0.4, -0.2) is 11.3 Å². The molecule has 0 fully saturated rings. The number of hydrogen-bond donors (Lipinski definition) is 1. The molecule has 2 nitrogen and oxygen atoms in total. The minimum atomic E-state index is -0.517. The van der Waals surface area contributed by atoms with Crippen molar-refractivity contribution in [3.63, 3.8) is 0 Å². The molecule has 0 aliphatic rings. The fraction of sp³-hybridized carbons (Fsp3) is 0.417. The highest BCUT2D eigenvalue weighted by atomic mass is 79.9. The van der Waals surface area contributed by atoms with Crippen LogP contribution in [0.4, 0.5) is 4.39 Å². The second-order valence-electron chi connectivity index (χ2n) is 4.62. The normalized spacial score (nSPS) is 11.6. The molecule has 0 aliphatic carbocycles. The van der Waals surface area contributed by atoms with Crippen molar-refractivity contribution >= 4 is 21.7 Å². The van der Waals surface area contributed by atoms with Gasteiger partial charge in [-0.05, 0) is 37.6 Å². The monoisotopic (exact) mass is 287 g/mol. The van der Waals surface area contributed by atoms with Gasteiger partial charge in [0.05, 0.1) is 0 Å². The number of carbonyl (C=O) groups is 1. The molecule has 0 bridgehead atoms. The van der Waals surface area contributed by atoms with Crippen molar-refractivity contribution in [3.8, 4) is 0 Å². The number of halogens is 2. The molecule has 0 saturated carbocycles. The largest absolute Gasteiger partial charge is 0.325 e. The summed E-state index contributed by atoms with van der Waals surface area (Å²) in [5, 5.41) is 0. The van der Waals surface area contributed by atoms with Gasteiger partial charge >= 0.3 is 0 Å². The van der Waals surface area contributed by atoms with Gasteiger partial charge < -0.3 is 5.73 Å². The molecule has 1 aromatic carbocycles. The summed E-state index contributed by atoms with van der Waals surface area (Å²) in [6, 6.07) is 4.32. The lowest BCUT2D eigenvalue weighted by molar-refractivity contribution is -0.119. The number of Topliss-reactive ketones (excluding diaryl/α,β-unsaturated/α-hetero) is 1. The Morgan fingerprint density at radius 1 is 1.50 bits per heavy atom. The summed E-state index contributed by atoms with van der Waals surface area (Å²) in [6.45, 7) is 3.59. The molecular weight excluding hydrogens is 273 g/mol. The first kappa shape index (κ1) is 13.3. The number of nitrogens with two attached hydrogens (primary N) is 1. The predicted octanol–water partition coefficient (Wildman–Crippen LogP) is 2.83. The van der Waals surface area contributed by atoms with Crippen LogP contribution in [0.15, 0.2) is 22.7 Å². The summed E-state index contributed by atoms with van der Waals surface area (Å²) in [7, 11) is 0. The fourth-order valence-electron chi connectivity index (χ4n) is 1.46. The van der Waals surface area contributed by atoms with E-state index >= 15 is 0 Å². The van der Waals surface area contributed by atoms with E-state index in [4.69, 9.17) is 5.73 Å². The average molecular weight is 288 g/mol. The molecule has 1 rings (SSSR count). The van der Waals surface area contributed by atoms with E-state index in [9.17, 15) is 9.18 Å². The molecule has 88 valence electrons. The molecule has 0 amide bonds. The number of rotatable bonds is 4. The van der Waals surface area contributed by atoms with Crippen LogP contribution in [0.25, 0.3) is 0 Å². The maximum atomic E-state index is 13.0. The van der Waals surface area contributed by atoms with Gasteiger partial charge in [0, 0.05) is 22.9 Å². The van der Waals surface area contributed by atoms with Crippen molar-refractivity contribution in [2.75, 3.05) is 0 Å². The molecule has 4 heteroatoms. The second-order valence-corrected chi connectivity index (χ2v) is 5.47. The molecule has 0 spiro atoms. The Labute approximate surface area is 103 Å². The quantitative estimate of drug-likeness (QED) is 0.925. The SMILES string of the molecule is CC(C)(N)CC(=O)Cc1cc(F)ccc1Br. The summed E-state index contributed by atoms with van der Waals surface area (Å²) < 4.78 is 13.7. The van der Waals surface area contributed by atoms with Crippen LogP contribution in [0.5, 0.6) is 0 Å². The zero-order valence-electron chi connectivity index (χ0n) is 9.39. The van der Waals surface area contributed by atoms with Crippen LogP contribution in [0.3, 0.4) is 0 Å². The summed E-state index contributed by atoms with van der Waals surface area (Å²) in [4.78, 5) is 11.7. The maximum Gasteiger partial charge on any atom is 0.139 e. The maximum absolute atomic E-state index is 13.0. The highest BCUT2D eigenvalue weighted by Crippen LogP contribution is 2.19. The molecule has 2 N–H and O–H groups in total. The highest BCUT2D eigenvalue weighted by Gasteiger charge is 2.17. The van der Waals surface area contributed by atoms with Gasteiger partial charge in [0.2, 0.25) is 0 Å². The third kappa shape index (κ3) is 4.41. The number of ketones is 1. The molecule has 1 aromatic rings. The Balaban J connectivity index is 2.73. The number of hydrogen-bond acceptors (Lipinski definition) is 2. The standard InChI is InChI=1S/C12H15BrFNO/c1-12(2,15)7-10(16)6-8-5-9(14)3-4-11(8)13/h3-5H,6-7,15H2,1-2H3. The number of benzene rings is 1. The molecule has 0 unspecified atom stereocenters. The molecule has 0 saturated heterocycles. The van der Waals surface area contributed by atoms with Crippen LogP contribution in [0.1, 0.15) is 25.8 Å². The van der Waals surface area contributed by atoms with Crippen LogP contribution in [0.2, 0.25) is 0 Å². The Morgan fingerprint density at radius 3 is 2.69 bits per heavy atom. The van der Waals surface area contributed by atoms with Crippen molar-refractivity contribution < 1.29 is 9.18 Å². The topological polar surface area (TPSA) is 43.1 Å². The Bertz CT molecular complexity index is 398. The molecule has 0 aromatic heterocycles. The fourth-order valence-corrected chi connectivity index (χ4v) is 1.85. The first-order valence-corrected chi connectivity index (χ1v) is 5.82. The third-order valence-electron chi connectivity index (χ3n) is 2.05. The van der Waals surface area contributed by atoms with Gasteiger partial charge in [-0.3, -0.25) is 4.79 Å². The van der Waals surface area contributed by atoms with Crippen molar-refractivity contribution in [2.45, 2.75) is 32.2 Å². The van der Waals surface area contributed by atoms with Crippen molar-refractivity contribution in [1.29, 1.82) is 0 Å². The summed E-state index contributed by atoms with van der Waals surface area (Å²) >= 11 is 3.29. The van der Waals surface area contributed by atoms with Gasteiger partial charge in [0.25, 0.3) is 0 Å². The van der Waals surface area contributed by atoms with Gasteiger partial charge in [-0.1, -0.05) is 15.9 Å². The van der Waals surface area contributed by atoms with E-state index in [-0.39, 0.29) is 24.4 Å². The Morgan fingerprint density at radius 2 is 2.12 bits per heavy atom. The molecule has 0 radical (unpaired) electrons. The highest BCUT2D eigenvalue weighted by molar-refractivity contribution is 9.10. The van der Waals surface area contributed by atoms with E-state index < -0.39 is 5.54 Å². The zero-order valence-corrected chi connectivity index (χ0v) is 11.0. The van der Waals surface area contributed by atoms with E-state index in [1.54, 1.807) is 19.9 Å². The smallest absolute Gasteiger partial charge is 0.139 e. The van der Waals surface area contributed by atoms with Crippen molar-refractivity contribution in [3.05, 3.63) is 34.1 Å². The van der Waals surface area contributed by atoms with E-state index in [1.165, 1.54) is 12.1 Å². The third-order valence-corrected chi connectivity index (χ3v) is 2.82. The van der Waals surface area contributed by atoms with Crippen LogP contribution in [-0.2, 0) is 11.2 Å². The lowest BCUT2D eigenvalue weighted by atomic mass is 9.96. The van der Waals surface area contributed by atoms with E-state index in [0.29, 0.717) is 5.56 Å². The van der Waals surface area contributed by atoms with Crippen LogP contribution >= 0.6 is 15.9 Å². The summed E-state index contributed by atoms with van der Waals surface area (Å²) in [5.41, 5.74) is 5.90. The first-order chi connectivity index (χ1) is 7.28. The Hall–Kier alpha value is -0.740. The lowest BCUT2D eigenvalue weighted by Crippen LogP contribution is -2.35. The molecule has 16 heavy (non-hydrogen) atoms. The van der Waals surface area contributed by atoms with Crippen molar-refractivity contribution in [1.82, 2.24) is 0 Å². The molecule has 0 aliphatic heterocycles. The Kier molecular flexibility index (Phi) is 4.21. The van der Waals surface area contributed by atoms with Gasteiger partial charge in [0.15, 0.2) is 0 Å². The summed E-state index contributed by atoms with van der Waals surface area (Å²) in [6.07, 6.45) is 0.495. The second kappa shape index (κ2) is 5.06. The van der Waals surface area contributed by atoms with Gasteiger partial charge in [-0.2, -0.15) is 0 Å². The summed E-state index contributed by atoms with van der Waals surface area (Å²) in [5.74, 6) is -0.322. The van der Waals surface area contributed by atoms with Gasteiger partial charge in [-0.25, -0.2) is 4.39 Å². The molecule has 0 atom stereocenters. The van der Waals surface area contributed by atoms with E-state index in [0.717, 1.165) is 4.47 Å². The van der Waals surface area contributed by atoms with Gasteiger partial charge in [0.1, 0.15) is 11.6 Å². The first-order valence-electron chi connectivity index (χ1n) is 5.02. The van der Waals surface area contributed by atoms with Crippen LogP contribution < -0.4 is 5.73 Å². The van der Waals surface area contributed by atoms with Crippen LogP contribution in [0, 0.1) is 5.82 Å². The predicted molar refractivity (Wildman–Crippen MR) is 65.7 cm³/mol. The minimum Gasteiger partial charge on any atom is -0.325 e. The average Bonchev–Trinajstić information content (AvgIpc) is 2.08. The van der Waals surface area contributed by atoms with Crippen molar-refractivity contribution in [2.24, 2.45) is 5.73 Å². The number of carbonyl (C=O) groups excluding carboxylic acids is 1. The van der Waals surface area contributed by atoms with E-state index in [1.807, 2.05) is 0 Å².